The third kappa shape index (κ3) is 4.50. The summed E-state index contributed by atoms with van der Waals surface area (Å²) in [6.45, 7) is 0.388. The topological polar surface area (TPSA) is 124 Å². The summed E-state index contributed by atoms with van der Waals surface area (Å²) in [5, 5.41) is 23.2. The van der Waals surface area contributed by atoms with Gasteiger partial charge >= 0.3 is 5.69 Å². The molecule has 3 N–H and O–H groups in total. The van der Waals surface area contributed by atoms with Crippen molar-refractivity contribution in [2.75, 3.05) is 25.1 Å². The Labute approximate surface area is 176 Å². The van der Waals surface area contributed by atoms with Crippen LogP contribution in [0.4, 0.5) is 5.95 Å². The Morgan fingerprint density at radius 2 is 1.90 bits per heavy atom. The van der Waals surface area contributed by atoms with Gasteiger partial charge in [0.05, 0.1) is 6.54 Å². The van der Waals surface area contributed by atoms with Gasteiger partial charge in [-0.2, -0.15) is 4.98 Å². The third-order valence-electron chi connectivity index (χ3n) is 4.62. The molecule has 3 aromatic rings. The van der Waals surface area contributed by atoms with E-state index in [2.05, 4.69) is 10.3 Å². The van der Waals surface area contributed by atoms with Crippen molar-refractivity contribution < 1.29 is 14.9 Å². The number of aliphatic hydroxyl groups excluding tert-OH is 2. The van der Waals surface area contributed by atoms with Gasteiger partial charge in [-0.3, -0.25) is 13.9 Å². The smallest absolute Gasteiger partial charge is 0.332 e. The molecule has 0 fully saturated rings. The summed E-state index contributed by atoms with van der Waals surface area (Å²) in [5.74, 6) is 0.871. The molecular formula is C19H24ClN5O5. The van der Waals surface area contributed by atoms with Crippen LogP contribution >= 0.6 is 11.6 Å². The summed E-state index contributed by atoms with van der Waals surface area (Å²) >= 11 is 5.85. The normalized spacial score (nSPS) is 12.3. The molecule has 11 heteroatoms. The molecule has 1 atom stereocenters. The van der Waals surface area contributed by atoms with E-state index in [4.69, 9.17) is 21.4 Å². The van der Waals surface area contributed by atoms with Crippen molar-refractivity contribution in [3.05, 3.63) is 50.1 Å². The maximum atomic E-state index is 12.8. The number of anilines is 1. The predicted molar refractivity (Wildman–Crippen MR) is 113 cm³/mol. The number of hydrogen-bond acceptors (Lipinski definition) is 7. The van der Waals surface area contributed by atoms with Crippen molar-refractivity contribution in [3.63, 3.8) is 0 Å². The summed E-state index contributed by atoms with van der Waals surface area (Å²) in [7, 11) is 2.92. The van der Waals surface area contributed by atoms with E-state index in [0.29, 0.717) is 29.7 Å². The molecule has 0 saturated carbocycles. The fraction of sp³-hybridized carbons (Fsp3) is 0.421. The number of imidazole rings is 1. The molecule has 0 aliphatic carbocycles. The van der Waals surface area contributed by atoms with Crippen molar-refractivity contribution in [3.8, 4) is 5.75 Å². The van der Waals surface area contributed by atoms with E-state index in [9.17, 15) is 14.7 Å². The fourth-order valence-electron chi connectivity index (χ4n) is 3.03. The molecule has 0 aliphatic heterocycles. The molecule has 0 bridgehead atoms. The number of aryl methyl sites for hydroxylation is 1. The molecule has 3 rings (SSSR count). The van der Waals surface area contributed by atoms with Crippen LogP contribution in [0.3, 0.4) is 0 Å². The van der Waals surface area contributed by atoms with Crippen LogP contribution in [-0.2, 0) is 20.6 Å². The Morgan fingerprint density at radius 3 is 2.57 bits per heavy atom. The van der Waals surface area contributed by atoms with Crippen LogP contribution in [0.5, 0.6) is 5.75 Å². The second-order valence-corrected chi connectivity index (χ2v) is 7.28. The van der Waals surface area contributed by atoms with Crippen LogP contribution < -0.4 is 21.3 Å². The number of nitrogens with zero attached hydrogens (tertiary/aromatic N) is 4. The number of nitrogens with one attached hydrogen (secondary N) is 1. The number of rotatable bonds is 9. The average molecular weight is 438 g/mol. The zero-order valence-electron chi connectivity index (χ0n) is 16.7. The van der Waals surface area contributed by atoms with Gasteiger partial charge in [0.1, 0.15) is 18.5 Å². The van der Waals surface area contributed by atoms with E-state index in [1.165, 1.54) is 23.2 Å². The molecule has 162 valence electrons. The van der Waals surface area contributed by atoms with Gasteiger partial charge in [-0.25, -0.2) is 4.79 Å². The highest BCUT2D eigenvalue weighted by molar-refractivity contribution is 6.30. The van der Waals surface area contributed by atoms with E-state index in [1.54, 1.807) is 24.3 Å². The molecular weight excluding hydrogens is 414 g/mol. The van der Waals surface area contributed by atoms with Gasteiger partial charge in [-0.05, 0) is 30.7 Å². The first-order valence-corrected chi connectivity index (χ1v) is 9.78. The van der Waals surface area contributed by atoms with Crippen molar-refractivity contribution in [1.29, 1.82) is 0 Å². The number of benzene rings is 1. The predicted octanol–water partition coefficient (Wildman–Crippen LogP) is 0.321. The zero-order valence-corrected chi connectivity index (χ0v) is 17.5. The molecule has 2 aromatic heterocycles. The lowest BCUT2D eigenvalue weighted by atomic mass is 10.3. The highest BCUT2D eigenvalue weighted by Crippen LogP contribution is 2.18. The van der Waals surface area contributed by atoms with Crippen LogP contribution in [-0.4, -0.2) is 54.8 Å². The quantitative estimate of drug-likeness (QED) is 0.412. The summed E-state index contributed by atoms with van der Waals surface area (Å²) < 4.78 is 9.39. The van der Waals surface area contributed by atoms with Crippen LogP contribution in [0.25, 0.3) is 11.2 Å². The lowest BCUT2D eigenvalue weighted by Crippen LogP contribution is -2.38. The van der Waals surface area contributed by atoms with Crippen LogP contribution in [0.2, 0.25) is 5.02 Å². The number of fused-ring (bicyclic) bond motifs is 1. The summed E-state index contributed by atoms with van der Waals surface area (Å²) in [6.07, 6.45) is -0.485. The molecule has 0 radical (unpaired) electrons. The number of aliphatic hydroxyl groups is 2. The van der Waals surface area contributed by atoms with Gasteiger partial charge in [-0.1, -0.05) is 11.6 Å². The Balaban J connectivity index is 1.91. The van der Waals surface area contributed by atoms with E-state index in [1.807, 2.05) is 0 Å². The molecule has 0 unspecified atom stereocenters. The summed E-state index contributed by atoms with van der Waals surface area (Å²) in [6, 6.07) is 6.74. The van der Waals surface area contributed by atoms with Crippen molar-refractivity contribution in [1.82, 2.24) is 18.7 Å². The second kappa shape index (κ2) is 9.33. The average Bonchev–Trinajstić information content (AvgIpc) is 3.08. The van der Waals surface area contributed by atoms with Crippen molar-refractivity contribution in [2.24, 2.45) is 14.1 Å². The van der Waals surface area contributed by atoms with Crippen molar-refractivity contribution >= 4 is 28.7 Å². The van der Waals surface area contributed by atoms with Gasteiger partial charge in [0.25, 0.3) is 5.56 Å². The zero-order chi connectivity index (χ0) is 21.8. The highest BCUT2D eigenvalue weighted by atomic mass is 35.5. The maximum absolute atomic E-state index is 12.8. The summed E-state index contributed by atoms with van der Waals surface area (Å²) in [5.41, 5.74) is -0.607. The molecule has 1 aromatic carbocycles. The van der Waals surface area contributed by atoms with E-state index in [0.717, 1.165) is 4.57 Å². The van der Waals surface area contributed by atoms with Gasteiger partial charge in [0, 0.05) is 32.3 Å². The number of aromatic nitrogens is 4. The third-order valence-corrected chi connectivity index (χ3v) is 4.87. The Morgan fingerprint density at radius 1 is 1.20 bits per heavy atom. The summed E-state index contributed by atoms with van der Waals surface area (Å²) in [4.78, 5) is 29.4. The lowest BCUT2D eigenvalue weighted by Gasteiger charge is -2.16. The molecule has 0 saturated heterocycles. The molecule has 0 aliphatic rings. The number of hydrogen-bond donors (Lipinski definition) is 3. The minimum absolute atomic E-state index is 0.00889. The number of halogens is 1. The molecule has 10 nitrogen and oxygen atoms in total. The fourth-order valence-corrected chi connectivity index (χ4v) is 3.15. The van der Waals surface area contributed by atoms with E-state index >= 15 is 0 Å². The van der Waals surface area contributed by atoms with Gasteiger partial charge in [0.15, 0.2) is 11.2 Å². The molecule has 0 spiro atoms. The first-order chi connectivity index (χ1) is 14.3. The van der Waals surface area contributed by atoms with Crippen LogP contribution in [0.15, 0.2) is 33.9 Å². The van der Waals surface area contributed by atoms with Crippen LogP contribution in [0.1, 0.15) is 6.42 Å². The standard InChI is InChI=1S/C19H24ClN5O5/c1-23-16-15(17(28)24(2)19(23)29)25(18(22-16)21-8-3-9-26)10-13(27)11-30-14-6-4-12(20)5-7-14/h4-7,13,26-27H,3,8-11H2,1-2H3,(H,21,22)/t13-/m1/s1. The minimum Gasteiger partial charge on any atom is -0.491 e. The lowest BCUT2D eigenvalue weighted by molar-refractivity contribution is 0.0938. The number of ether oxygens (including phenoxy) is 1. The Kier molecular flexibility index (Phi) is 6.80. The van der Waals surface area contributed by atoms with Crippen molar-refractivity contribution in [2.45, 2.75) is 19.1 Å². The monoisotopic (exact) mass is 437 g/mol. The SMILES string of the molecule is Cn1c(=O)c2c(nc(NCCCO)n2C[C@@H](O)COc2ccc(Cl)cc2)n(C)c1=O. The second-order valence-electron chi connectivity index (χ2n) is 6.85. The first kappa shape index (κ1) is 21.9. The van der Waals surface area contributed by atoms with Crippen LogP contribution in [0, 0.1) is 0 Å². The maximum Gasteiger partial charge on any atom is 0.332 e. The van der Waals surface area contributed by atoms with E-state index in [-0.39, 0.29) is 30.9 Å². The van der Waals surface area contributed by atoms with Gasteiger partial charge in [0.2, 0.25) is 5.95 Å². The Bertz CT molecular complexity index is 1140. The van der Waals surface area contributed by atoms with Gasteiger partial charge < -0.3 is 24.8 Å². The van der Waals surface area contributed by atoms with Gasteiger partial charge in [-0.15, -0.1) is 0 Å². The Hall–Kier alpha value is -2.82. The van der Waals surface area contributed by atoms with E-state index < -0.39 is 17.4 Å². The minimum atomic E-state index is -0.960. The first-order valence-electron chi connectivity index (χ1n) is 9.41. The largest absolute Gasteiger partial charge is 0.491 e. The molecule has 2 heterocycles. The molecule has 30 heavy (non-hydrogen) atoms. The molecule has 0 amide bonds. The highest BCUT2D eigenvalue weighted by Gasteiger charge is 2.21.